The Labute approximate surface area is 105 Å². The van der Waals surface area contributed by atoms with E-state index in [0.717, 1.165) is 28.7 Å². The first-order valence-electron chi connectivity index (χ1n) is 5.96. The lowest BCUT2D eigenvalue weighted by atomic mass is 10.1. The molecule has 2 aromatic heterocycles. The summed E-state index contributed by atoms with van der Waals surface area (Å²) in [6, 6.07) is 14.0. The highest BCUT2D eigenvalue weighted by atomic mass is 16.3. The molecular formula is C15H14N2O. The summed E-state index contributed by atoms with van der Waals surface area (Å²) >= 11 is 0. The molecule has 0 atom stereocenters. The van der Waals surface area contributed by atoms with Crippen molar-refractivity contribution in [3.05, 3.63) is 66.1 Å². The average molecular weight is 238 g/mol. The molecular weight excluding hydrogens is 224 g/mol. The summed E-state index contributed by atoms with van der Waals surface area (Å²) < 4.78 is 2.13. The van der Waals surface area contributed by atoms with E-state index in [4.69, 9.17) is 0 Å². The number of aromatic nitrogens is 2. The number of hydrogen-bond acceptors (Lipinski definition) is 2. The van der Waals surface area contributed by atoms with Crippen LogP contribution in [0.5, 0.6) is 0 Å². The fourth-order valence-corrected chi connectivity index (χ4v) is 2.27. The third kappa shape index (κ3) is 1.89. The predicted molar refractivity (Wildman–Crippen MR) is 71.2 cm³/mol. The van der Waals surface area contributed by atoms with Crippen LogP contribution in [0.15, 0.2) is 54.9 Å². The quantitative estimate of drug-likeness (QED) is 0.761. The molecule has 0 aliphatic carbocycles. The third-order valence-corrected chi connectivity index (χ3v) is 3.10. The predicted octanol–water partition coefficient (Wildman–Crippen LogP) is 2.58. The van der Waals surface area contributed by atoms with Crippen LogP contribution >= 0.6 is 0 Å². The molecule has 90 valence electrons. The standard InChI is InChI=1S/C15H14N2O/c18-11-13-5-3-4-12-7-9-17(15(12)13)10-14-6-1-2-8-16-14/h1-9,18H,10-11H2. The van der Waals surface area contributed by atoms with Gasteiger partial charge in [-0.2, -0.15) is 0 Å². The van der Waals surface area contributed by atoms with Gasteiger partial charge < -0.3 is 9.67 Å². The molecule has 1 aromatic carbocycles. The molecule has 0 unspecified atom stereocenters. The first-order valence-corrected chi connectivity index (χ1v) is 5.96. The highest BCUT2D eigenvalue weighted by Crippen LogP contribution is 2.21. The van der Waals surface area contributed by atoms with Gasteiger partial charge in [-0.25, -0.2) is 0 Å². The number of rotatable bonds is 3. The van der Waals surface area contributed by atoms with Crippen LogP contribution in [0.1, 0.15) is 11.3 Å². The summed E-state index contributed by atoms with van der Waals surface area (Å²) in [6.45, 7) is 0.783. The van der Waals surface area contributed by atoms with Crippen LogP contribution in [-0.2, 0) is 13.2 Å². The summed E-state index contributed by atoms with van der Waals surface area (Å²) in [5, 5.41) is 10.6. The highest BCUT2D eigenvalue weighted by Gasteiger charge is 2.06. The maximum absolute atomic E-state index is 9.42. The van der Waals surface area contributed by atoms with Crippen LogP contribution in [-0.4, -0.2) is 14.7 Å². The van der Waals surface area contributed by atoms with Gasteiger partial charge >= 0.3 is 0 Å². The van der Waals surface area contributed by atoms with E-state index in [0.29, 0.717) is 0 Å². The average Bonchev–Trinajstić information content (AvgIpc) is 2.83. The fourth-order valence-electron chi connectivity index (χ4n) is 2.27. The Morgan fingerprint density at radius 1 is 1.06 bits per heavy atom. The smallest absolute Gasteiger partial charge is 0.0702 e. The van der Waals surface area contributed by atoms with Crippen molar-refractivity contribution in [3.8, 4) is 0 Å². The zero-order chi connectivity index (χ0) is 12.4. The molecule has 0 amide bonds. The van der Waals surface area contributed by atoms with Crippen molar-refractivity contribution in [2.75, 3.05) is 0 Å². The van der Waals surface area contributed by atoms with Crippen molar-refractivity contribution in [3.63, 3.8) is 0 Å². The molecule has 0 bridgehead atoms. The monoisotopic (exact) mass is 238 g/mol. The van der Waals surface area contributed by atoms with Gasteiger partial charge in [0.25, 0.3) is 0 Å². The minimum Gasteiger partial charge on any atom is -0.392 e. The van der Waals surface area contributed by atoms with Crippen LogP contribution in [0, 0.1) is 0 Å². The summed E-state index contributed by atoms with van der Waals surface area (Å²) in [5.74, 6) is 0. The van der Waals surface area contributed by atoms with Crippen molar-refractivity contribution in [2.24, 2.45) is 0 Å². The lowest BCUT2D eigenvalue weighted by Gasteiger charge is -2.08. The van der Waals surface area contributed by atoms with Gasteiger partial charge in [-0.05, 0) is 23.6 Å². The molecule has 2 heterocycles. The number of para-hydroxylation sites is 1. The van der Waals surface area contributed by atoms with Gasteiger partial charge in [0.2, 0.25) is 0 Å². The van der Waals surface area contributed by atoms with Crippen molar-refractivity contribution in [2.45, 2.75) is 13.2 Å². The Balaban J connectivity index is 2.07. The second-order valence-corrected chi connectivity index (χ2v) is 4.28. The Kier molecular flexibility index (Phi) is 2.82. The van der Waals surface area contributed by atoms with Crippen molar-refractivity contribution in [1.82, 2.24) is 9.55 Å². The first-order chi connectivity index (χ1) is 8.88. The first kappa shape index (κ1) is 11.0. The second-order valence-electron chi connectivity index (χ2n) is 4.28. The summed E-state index contributed by atoms with van der Waals surface area (Å²) in [7, 11) is 0. The van der Waals surface area contributed by atoms with E-state index in [1.54, 1.807) is 6.20 Å². The number of hydrogen-bond donors (Lipinski definition) is 1. The molecule has 3 nitrogen and oxygen atoms in total. The molecule has 3 rings (SSSR count). The Morgan fingerprint density at radius 3 is 2.78 bits per heavy atom. The SMILES string of the molecule is OCc1cccc2ccn(Cc3ccccn3)c12. The molecule has 3 heteroatoms. The lowest BCUT2D eigenvalue weighted by molar-refractivity contribution is 0.283. The van der Waals surface area contributed by atoms with Crippen molar-refractivity contribution >= 4 is 10.9 Å². The summed E-state index contributed by atoms with van der Waals surface area (Å²) in [4.78, 5) is 4.33. The summed E-state index contributed by atoms with van der Waals surface area (Å²) in [5.41, 5.74) is 3.06. The normalized spacial score (nSPS) is 10.9. The molecule has 3 aromatic rings. The number of nitrogens with zero attached hydrogens (tertiary/aromatic N) is 2. The molecule has 0 aliphatic heterocycles. The minimum absolute atomic E-state index is 0.0591. The van der Waals surface area contributed by atoms with Gasteiger partial charge in [-0.15, -0.1) is 0 Å². The third-order valence-electron chi connectivity index (χ3n) is 3.10. The number of aliphatic hydroxyl groups excluding tert-OH is 1. The zero-order valence-electron chi connectivity index (χ0n) is 9.95. The molecule has 0 spiro atoms. The fraction of sp³-hybridized carbons (Fsp3) is 0.133. The Morgan fingerprint density at radius 2 is 2.00 bits per heavy atom. The maximum atomic E-state index is 9.42. The summed E-state index contributed by atoms with van der Waals surface area (Å²) in [6.07, 6.45) is 3.84. The largest absolute Gasteiger partial charge is 0.392 e. The van der Waals surface area contributed by atoms with Gasteiger partial charge in [0, 0.05) is 18.0 Å². The Hall–Kier alpha value is -2.13. The van der Waals surface area contributed by atoms with E-state index >= 15 is 0 Å². The van der Waals surface area contributed by atoms with E-state index < -0.39 is 0 Å². The van der Waals surface area contributed by atoms with E-state index in [9.17, 15) is 5.11 Å². The van der Waals surface area contributed by atoms with Gasteiger partial charge in [0.05, 0.1) is 24.4 Å². The topological polar surface area (TPSA) is 38.0 Å². The molecule has 18 heavy (non-hydrogen) atoms. The van der Waals surface area contributed by atoms with E-state index in [-0.39, 0.29) is 6.61 Å². The number of aliphatic hydroxyl groups is 1. The van der Waals surface area contributed by atoms with Crippen LogP contribution < -0.4 is 0 Å². The molecule has 1 N–H and O–H groups in total. The van der Waals surface area contributed by atoms with Gasteiger partial charge in [-0.1, -0.05) is 24.3 Å². The minimum atomic E-state index is 0.0591. The molecule has 0 fully saturated rings. The Bertz CT molecular complexity index is 659. The van der Waals surface area contributed by atoms with E-state index in [2.05, 4.69) is 21.7 Å². The van der Waals surface area contributed by atoms with Gasteiger partial charge in [0.1, 0.15) is 0 Å². The van der Waals surface area contributed by atoms with Crippen LogP contribution in [0.3, 0.4) is 0 Å². The van der Waals surface area contributed by atoms with Crippen LogP contribution in [0.4, 0.5) is 0 Å². The molecule has 0 radical (unpaired) electrons. The lowest BCUT2D eigenvalue weighted by Crippen LogP contribution is -2.01. The molecule has 0 saturated carbocycles. The van der Waals surface area contributed by atoms with Crippen LogP contribution in [0.25, 0.3) is 10.9 Å². The second kappa shape index (κ2) is 4.63. The van der Waals surface area contributed by atoms with E-state index in [1.165, 1.54) is 0 Å². The number of fused-ring (bicyclic) bond motifs is 1. The molecule has 0 aliphatic rings. The number of pyridine rings is 1. The number of benzene rings is 1. The zero-order valence-corrected chi connectivity index (χ0v) is 9.95. The van der Waals surface area contributed by atoms with E-state index in [1.807, 2.05) is 36.5 Å². The van der Waals surface area contributed by atoms with Crippen LogP contribution in [0.2, 0.25) is 0 Å². The molecule has 0 saturated heterocycles. The van der Waals surface area contributed by atoms with Crippen molar-refractivity contribution in [1.29, 1.82) is 0 Å². The highest BCUT2D eigenvalue weighted by molar-refractivity contribution is 5.83. The van der Waals surface area contributed by atoms with Gasteiger partial charge in [0.15, 0.2) is 0 Å². The maximum Gasteiger partial charge on any atom is 0.0702 e. The van der Waals surface area contributed by atoms with Crippen molar-refractivity contribution < 1.29 is 5.11 Å². The van der Waals surface area contributed by atoms with Gasteiger partial charge in [-0.3, -0.25) is 4.98 Å².